The summed E-state index contributed by atoms with van der Waals surface area (Å²) in [5.74, 6) is -2.60. The van der Waals surface area contributed by atoms with E-state index in [1.165, 1.54) is 24.3 Å². The SMILES string of the molecule is O=C(O)C(Cc1ccc(O)c([N+](=O)[O-])c1)c1cccc(O)c1. The van der Waals surface area contributed by atoms with Crippen LogP contribution >= 0.6 is 0 Å². The van der Waals surface area contributed by atoms with E-state index in [9.17, 15) is 30.2 Å². The fraction of sp³-hybridized carbons (Fsp3) is 0.133. The lowest BCUT2D eigenvalue weighted by atomic mass is 9.91. The van der Waals surface area contributed by atoms with Gasteiger partial charge in [0.25, 0.3) is 0 Å². The van der Waals surface area contributed by atoms with E-state index in [1.54, 1.807) is 6.07 Å². The fourth-order valence-electron chi connectivity index (χ4n) is 2.17. The molecule has 7 nitrogen and oxygen atoms in total. The summed E-state index contributed by atoms with van der Waals surface area (Å²) < 4.78 is 0. The molecule has 0 aliphatic rings. The predicted molar refractivity (Wildman–Crippen MR) is 76.9 cm³/mol. The Morgan fingerprint density at radius 1 is 1.18 bits per heavy atom. The molecule has 0 radical (unpaired) electrons. The van der Waals surface area contributed by atoms with Crippen molar-refractivity contribution in [3.63, 3.8) is 0 Å². The molecule has 0 aliphatic heterocycles. The molecule has 3 N–H and O–H groups in total. The first-order valence-corrected chi connectivity index (χ1v) is 6.36. The number of aromatic hydroxyl groups is 2. The third-order valence-electron chi connectivity index (χ3n) is 3.25. The van der Waals surface area contributed by atoms with Crippen molar-refractivity contribution in [2.24, 2.45) is 0 Å². The van der Waals surface area contributed by atoms with Crippen LogP contribution in [0, 0.1) is 10.1 Å². The number of aliphatic carboxylic acids is 1. The molecule has 2 aromatic carbocycles. The monoisotopic (exact) mass is 303 g/mol. The number of benzene rings is 2. The molecule has 0 heterocycles. The molecular weight excluding hydrogens is 290 g/mol. The number of rotatable bonds is 5. The molecule has 0 fully saturated rings. The highest BCUT2D eigenvalue weighted by Crippen LogP contribution is 2.30. The van der Waals surface area contributed by atoms with E-state index in [0.717, 1.165) is 12.1 Å². The van der Waals surface area contributed by atoms with Crippen LogP contribution in [0.4, 0.5) is 5.69 Å². The van der Waals surface area contributed by atoms with Crippen LogP contribution < -0.4 is 0 Å². The zero-order chi connectivity index (χ0) is 16.3. The van der Waals surface area contributed by atoms with Gasteiger partial charge in [-0.05, 0) is 35.7 Å². The second kappa shape index (κ2) is 6.13. The first kappa shape index (κ1) is 15.3. The van der Waals surface area contributed by atoms with Gasteiger partial charge in [0.05, 0.1) is 10.8 Å². The van der Waals surface area contributed by atoms with Crippen molar-refractivity contribution in [3.8, 4) is 11.5 Å². The number of nitrogens with zero attached hydrogens (tertiary/aromatic N) is 1. The maximum atomic E-state index is 11.4. The Hall–Kier alpha value is -3.09. The van der Waals surface area contributed by atoms with Gasteiger partial charge in [-0.2, -0.15) is 0 Å². The molecule has 7 heteroatoms. The van der Waals surface area contributed by atoms with Crippen molar-refractivity contribution >= 4 is 11.7 Å². The van der Waals surface area contributed by atoms with Crippen LogP contribution in [0.3, 0.4) is 0 Å². The van der Waals surface area contributed by atoms with Crippen LogP contribution in [0.1, 0.15) is 17.0 Å². The summed E-state index contributed by atoms with van der Waals surface area (Å²) in [4.78, 5) is 21.5. The van der Waals surface area contributed by atoms with Crippen LogP contribution in [0.15, 0.2) is 42.5 Å². The lowest BCUT2D eigenvalue weighted by molar-refractivity contribution is -0.385. The molecule has 1 unspecified atom stereocenters. The molecule has 0 spiro atoms. The Kier molecular flexibility index (Phi) is 4.26. The van der Waals surface area contributed by atoms with Gasteiger partial charge in [0, 0.05) is 6.07 Å². The highest BCUT2D eigenvalue weighted by molar-refractivity contribution is 5.76. The zero-order valence-electron chi connectivity index (χ0n) is 11.3. The van der Waals surface area contributed by atoms with E-state index < -0.39 is 28.2 Å². The van der Waals surface area contributed by atoms with Gasteiger partial charge < -0.3 is 15.3 Å². The summed E-state index contributed by atoms with van der Waals surface area (Å²) in [5, 5.41) is 39.0. The lowest BCUT2D eigenvalue weighted by Gasteiger charge is -2.13. The van der Waals surface area contributed by atoms with Gasteiger partial charge >= 0.3 is 11.7 Å². The van der Waals surface area contributed by atoms with Gasteiger partial charge in [0.2, 0.25) is 0 Å². The molecule has 0 amide bonds. The Morgan fingerprint density at radius 3 is 2.50 bits per heavy atom. The molecule has 2 rings (SSSR count). The van der Waals surface area contributed by atoms with Crippen molar-refractivity contribution in [1.29, 1.82) is 0 Å². The molecule has 2 aromatic rings. The minimum absolute atomic E-state index is 0.0000926. The second-order valence-electron chi connectivity index (χ2n) is 4.77. The maximum absolute atomic E-state index is 11.4. The van der Waals surface area contributed by atoms with Gasteiger partial charge in [0.1, 0.15) is 5.75 Å². The van der Waals surface area contributed by atoms with Gasteiger partial charge in [0.15, 0.2) is 5.75 Å². The smallest absolute Gasteiger partial charge is 0.311 e. The van der Waals surface area contributed by atoms with E-state index in [4.69, 9.17) is 0 Å². The number of phenolic OH excluding ortho intramolecular Hbond substituents is 2. The number of nitro benzene ring substituents is 1. The van der Waals surface area contributed by atoms with Crippen molar-refractivity contribution in [3.05, 3.63) is 63.7 Å². The highest BCUT2D eigenvalue weighted by atomic mass is 16.6. The first-order valence-electron chi connectivity index (χ1n) is 6.36. The van der Waals surface area contributed by atoms with E-state index in [0.29, 0.717) is 11.1 Å². The van der Waals surface area contributed by atoms with Crippen LogP contribution in [0.2, 0.25) is 0 Å². The molecule has 0 saturated heterocycles. The predicted octanol–water partition coefficient (Wildman–Crippen LogP) is 2.42. The van der Waals surface area contributed by atoms with Gasteiger partial charge in [-0.1, -0.05) is 18.2 Å². The average molecular weight is 303 g/mol. The number of carboxylic acids is 1. The summed E-state index contributed by atoms with van der Waals surface area (Å²) in [7, 11) is 0. The van der Waals surface area contributed by atoms with Crippen LogP contribution in [-0.2, 0) is 11.2 Å². The molecule has 0 bridgehead atoms. The van der Waals surface area contributed by atoms with Crippen molar-refractivity contribution in [2.75, 3.05) is 0 Å². The number of carboxylic acid groups (broad SMARTS) is 1. The van der Waals surface area contributed by atoms with E-state index in [2.05, 4.69) is 0 Å². The Morgan fingerprint density at radius 2 is 1.91 bits per heavy atom. The minimum Gasteiger partial charge on any atom is -0.508 e. The molecule has 0 aromatic heterocycles. The Labute approximate surface area is 125 Å². The number of carbonyl (C=O) groups is 1. The van der Waals surface area contributed by atoms with Gasteiger partial charge in [-0.15, -0.1) is 0 Å². The van der Waals surface area contributed by atoms with Crippen molar-refractivity contribution < 1.29 is 25.0 Å². The first-order chi connectivity index (χ1) is 10.4. The summed E-state index contributed by atoms with van der Waals surface area (Å²) >= 11 is 0. The Balaban J connectivity index is 2.35. The van der Waals surface area contributed by atoms with E-state index in [-0.39, 0.29) is 12.2 Å². The van der Waals surface area contributed by atoms with Crippen molar-refractivity contribution in [1.82, 2.24) is 0 Å². The van der Waals surface area contributed by atoms with Crippen LogP contribution in [0.25, 0.3) is 0 Å². The van der Waals surface area contributed by atoms with Crippen LogP contribution in [-0.4, -0.2) is 26.2 Å². The number of hydrogen-bond donors (Lipinski definition) is 3. The third-order valence-corrected chi connectivity index (χ3v) is 3.25. The number of phenols is 2. The van der Waals surface area contributed by atoms with Gasteiger partial charge in [-0.25, -0.2) is 0 Å². The third kappa shape index (κ3) is 3.32. The van der Waals surface area contributed by atoms with E-state index in [1.807, 2.05) is 0 Å². The highest BCUT2D eigenvalue weighted by Gasteiger charge is 2.22. The van der Waals surface area contributed by atoms with Crippen molar-refractivity contribution in [2.45, 2.75) is 12.3 Å². The molecular formula is C15H13NO6. The maximum Gasteiger partial charge on any atom is 0.311 e. The molecule has 22 heavy (non-hydrogen) atoms. The quantitative estimate of drug-likeness (QED) is 0.576. The van der Waals surface area contributed by atoms with E-state index >= 15 is 0 Å². The van der Waals surface area contributed by atoms with Gasteiger partial charge in [-0.3, -0.25) is 14.9 Å². The van der Waals surface area contributed by atoms with Crippen LogP contribution in [0.5, 0.6) is 11.5 Å². The fourth-order valence-corrected chi connectivity index (χ4v) is 2.17. The second-order valence-corrected chi connectivity index (χ2v) is 4.77. The summed E-state index contributed by atoms with van der Waals surface area (Å²) in [6.45, 7) is 0. The molecule has 0 saturated carbocycles. The minimum atomic E-state index is -1.11. The molecule has 1 atom stereocenters. The molecule has 0 aliphatic carbocycles. The lowest BCUT2D eigenvalue weighted by Crippen LogP contribution is -2.14. The Bertz CT molecular complexity index is 728. The summed E-state index contributed by atoms with van der Waals surface area (Å²) in [6.07, 6.45) is -0.0000926. The zero-order valence-corrected chi connectivity index (χ0v) is 11.3. The topological polar surface area (TPSA) is 121 Å². The summed E-state index contributed by atoms with van der Waals surface area (Å²) in [5.41, 5.74) is 0.320. The normalized spacial score (nSPS) is 11.8. The largest absolute Gasteiger partial charge is 0.508 e. The summed E-state index contributed by atoms with van der Waals surface area (Å²) in [6, 6.07) is 9.60. The molecule has 114 valence electrons. The number of nitro groups is 1. The number of hydrogen-bond acceptors (Lipinski definition) is 5. The average Bonchev–Trinajstić information content (AvgIpc) is 2.45. The standard InChI is InChI=1S/C15H13NO6/c17-11-3-1-2-10(8-11)12(15(19)20)6-9-4-5-14(18)13(7-9)16(21)22/h1-5,7-8,12,17-18H,6H2,(H,19,20).